The van der Waals surface area contributed by atoms with Crippen LogP contribution < -0.4 is 0 Å². The van der Waals surface area contributed by atoms with Gasteiger partial charge in [0, 0.05) is 4.47 Å². The fourth-order valence-electron chi connectivity index (χ4n) is 2.31. The van der Waals surface area contributed by atoms with E-state index in [1.807, 2.05) is 48.5 Å². The molecule has 2 nitrogen and oxygen atoms in total. The molecule has 3 aromatic rings. The van der Waals surface area contributed by atoms with E-state index in [0.717, 1.165) is 21.5 Å². The van der Waals surface area contributed by atoms with Gasteiger partial charge in [-0.1, -0.05) is 48.5 Å². The Morgan fingerprint density at radius 1 is 0.833 bits per heavy atom. The van der Waals surface area contributed by atoms with Crippen LogP contribution in [-0.2, 0) is 0 Å². The Balaban J connectivity index is 2.66. The molecule has 0 heterocycles. The second kappa shape index (κ2) is 4.10. The van der Waals surface area contributed by atoms with E-state index < -0.39 is 5.97 Å². The highest BCUT2D eigenvalue weighted by Gasteiger charge is 2.16. The van der Waals surface area contributed by atoms with Gasteiger partial charge in [0.25, 0.3) is 0 Å². The molecule has 0 bridgehead atoms. The van der Waals surface area contributed by atoms with Crippen molar-refractivity contribution in [1.29, 1.82) is 0 Å². The van der Waals surface area contributed by atoms with E-state index in [1.54, 1.807) is 0 Å². The lowest BCUT2D eigenvalue weighted by Gasteiger charge is -2.10. The zero-order valence-corrected chi connectivity index (χ0v) is 10.9. The van der Waals surface area contributed by atoms with Crippen LogP contribution in [0.3, 0.4) is 0 Å². The second-order valence-electron chi connectivity index (χ2n) is 4.09. The molecule has 0 saturated carbocycles. The van der Waals surface area contributed by atoms with E-state index in [1.165, 1.54) is 0 Å². The minimum Gasteiger partial charge on any atom is -0.478 e. The fourth-order valence-corrected chi connectivity index (χ4v) is 3.04. The molecular formula is C15H9BrO2. The third-order valence-electron chi connectivity index (χ3n) is 3.08. The average Bonchev–Trinajstić information content (AvgIpc) is 2.39. The molecular weight excluding hydrogens is 292 g/mol. The number of carboxylic acids is 1. The SMILES string of the molecule is O=C(O)c1c(Br)c2ccccc2c2ccccc12. The highest BCUT2D eigenvalue weighted by atomic mass is 79.9. The summed E-state index contributed by atoms with van der Waals surface area (Å²) in [6.07, 6.45) is 0. The summed E-state index contributed by atoms with van der Waals surface area (Å²) in [6.45, 7) is 0. The molecule has 3 heteroatoms. The molecule has 0 spiro atoms. The van der Waals surface area contributed by atoms with Crippen molar-refractivity contribution in [1.82, 2.24) is 0 Å². The monoisotopic (exact) mass is 300 g/mol. The number of hydrogen-bond donors (Lipinski definition) is 1. The van der Waals surface area contributed by atoms with Crippen molar-refractivity contribution in [3.63, 3.8) is 0 Å². The standard InChI is InChI=1S/C15H9BrO2/c16-14-12-8-4-2-6-10(12)9-5-1-3-7-11(9)13(14)15(17)18/h1-8H,(H,17,18). The van der Waals surface area contributed by atoms with Crippen LogP contribution in [0.15, 0.2) is 53.0 Å². The number of aromatic carboxylic acids is 1. The third-order valence-corrected chi connectivity index (χ3v) is 3.91. The zero-order valence-electron chi connectivity index (χ0n) is 9.35. The number of carboxylic acid groups (broad SMARTS) is 1. The number of benzene rings is 3. The van der Waals surface area contributed by atoms with Gasteiger partial charge in [0.15, 0.2) is 0 Å². The van der Waals surface area contributed by atoms with Crippen LogP contribution in [0, 0.1) is 0 Å². The molecule has 1 N–H and O–H groups in total. The van der Waals surface area contributed by atoms with Gasteiger partial charge in [0.2, 0.25) is 0 Å². The third kappa shape index (κ3) is 1.51. The van der Waals surface area contributed by atoms with Gasteiger partial charge in [-0.15, -0.1) is 0 Å². The summed E-state index contributed by atoms with van der Waals surface area (Å²) in [5, 5.41) is 13.1. The Morgan fingerprint density at radius 3 is 1.83 bits per heavy atom. The largest absolute Gasteiger partial charge is 0.478 e. The lowest BCUT2D eigenvalue weighted by Crippen LogP contribution is -2.00. The highest BCUT2D eigenvalue weighted by molar-refractivity contribution is 9.10. The molecule has 0 aliphatic heterocycles. The van der Waals surface area contributed by atoms with Crippen molar-refractivity contribution in [3.8, 4) is 0 Å². The molecule has 0 aliphatic rings. The van der Waals surface area contributed by atoms with E-state index in [0.29, 0.717) is 10.0 Å². The molecule has 0 fully saturated rings. The van der Waals surface area contributed by atoms with Gasteiger partial charge in [0.05, 0.1) is 5.56 Å². The normalized spacial score (nSPS) is 10.9. The first kappa shape index (κ1) is 11.2. The summed E-state index contributed by atoms with van der Waals surface area (Å²) in [7, 11) is 0. The second-order valence-corrected chi connectivity index (χ2v) is 4.88. The fraction of sp³-hybridized carbons (Fsp3) is 0. The van der Waals surface area contributed by atoms with Crippen LogP contribution >= 0.6 is 15.9 Å². The molecule has 0 aliphatic carbocycles. The van der Waals surface area contributed by atoms with Gasteiger partial charge < -0.3 is 5.11 Å². The van der Waals surface area contributed by atoms with Gasteiger partial charge in [-0.05, 0) is 37.5 Å². The number of halogens is 1. The predicted molar refractivity (Wildman–Crippen MR) is 76.1 cm³/mol. The van der Waals surface area contributed by atoms with Crippen LogP contribution in [0.2, 0.25) is 0 Å². The summed E-state index contributed by atoms with van der Waals surface area (Å²) in [5.41, 5.74) is 0.323. The lowest BCUT2D eigenvalue weighted by atomic mass is 9.97. The van der Waals surface area contributed by atoms with Gasteiger partial charge in [-0.3, -0.25) is 0 Å². The smallest absolute Gasteiger partial charge is 0.337 e. The van der Waals surface area contributed by atoms with Crippen molar-refractivity contribution in [3.05, 3.63) is 58.6 Å². The average molecular weight is 301 g/mol. The number of rotatable bonds is 1. The molecule has 0 saturated heterocycles. The summed E-state index contributed by atoms with van der Waals surface area (Å²) in [6, 6.07) is 15.4. The maximum Gasteiger partial charge on any atom is 0.337 e. The van der Waals surface area contributed by atoms with E-state index >= 15 is 0 Å². The molecule has 88 valence electrons. The van der Waals surface area contributed by atoms with Crippen molar-refractivity contribution < 1.29 is 9.90 Å². The van der Waals surface area contributed by atoms with Crippen LogP contribution in [0.4, 0.5) is 0 Å². The van der Waals surface area contributed by atoms with Gasteiger partial charge in [-0.25, -0.2) is 4.79 Å². The van der Waals surface area contributed by atoms with E-state index in [2.05, 4.69) is 15.9 Å². The van der Waals surface area contributed by atoms with E-state index in [9.17, 15) is 9.90 Å². The summed E-state index contributed by atoms with van der Waals surface area (Å²) in [4.78, 5) is 11.4. The molecule has 0 amide bonds. The number of hydrogen-bond acceptors (Lipinski definition) is 1. The van der Waals surface area contributed by atoms with Crippen molar-refractivity contribution in [2.45, 2.75) is 0 Å². The first-order chi connectivity index (χ1) is 8.70. The van der Waals surface area contributed by atoms with Gasteiger partial charge in [0.1, 0.15) is 0 Å². The first-order valence-electron chi connectivity index (χ1n) is 5.52. The Bertz CT molecular complexity index is 778. The quantitative estimate of drug-likeness (QED) is 0.674. The summed E-state index contributed by atoms with van der Waals surface area (Å²) in [5.74, 6) is -0.913. The van der Waals surface area contributed by atoms with E-state index in [-0.39, 0.29) is 0 Å². The first-order valence-corrected chi connectivity index (χ1v) is 6.31. The number of carbonyl (C=O) groups is 1. The minimum atomic E-state index is -0.913. The topological polar surface area (TPSA) is 37.3 Å². The Hall–Kier alpha value is -1.87. The molecule has 0 atom stereocenters. The lowest BCUT2D eigenvalue weighted by molar-refractivity contribution is 0.0698. The highest BCUT2D eigenvalue weighted by Crippen LogP contribution is 2.35. The zero-order chi connectivity index (χ0) is 12.7. The predicted octanol–water partition coefficient (Wildman–Crippen LogP) is 4.45. The molecule has 0 radical (unpaired) electrons. The van der Waals surface area contributed by atoms with Gasteiger partial charge in [-0.2, -0.15) is 0 Å². The summed E-state index contributed by atoms with van der Waals surface area (Å²) < 4.78 is 0.643. The Kier molecular flexibility index (Phi) is 2.56. The van der Waals surface area contributed by atoms with Crippen molar-refractivity contribution >= 4 is 43.4 Å². The summed E-state index contributed by atoms with van der Waals surface area (Å²) >= 11 is 3.42. The van der Waals surface area contributed by atoms with Gasteiger partial charge >= 0.3 is 5.97 Å². The molecule has 3 rings (SSSR count). The van der Waals surface area contributed by atoms with Crippen LogP contribution in [0.1, 0.15) is 10.4 Å². The van der Waals surface area contributed by atoms with Crippen molar-refractivity contribution in [2.75, 3.05) is 0 Å². The minimum absolute atomic E-state index is 0.323. The van der Waals surface area contributed by atoms with Crippen LogP contribution in [-0.4, -0.2) is 11.1 Å². The number of fused-ring (bicyclic) bond motifs is 3. The molecule has 0 unspecified atom stereocenters. The van der Waals surface area contributed by atoms with Crippen molar-refractivity contribution in [2.24, 2.45) is 0 Å². The molecule has 18 heavy (non-hydrogen) atoms. The Labute approximate surface area is 112 Å². The van der Waals surface area contributed by atoms with Crippen LogP contribution in [0.25, 0.3) is 21.5 Å². The van der Waals surface area contributed by atoms with E-state index in [4.69, 9.17) is 0 Å². The maximum atomic E-state index is 11.4. The maximum absolute atomic E-state index is 11.4. The Morgan fingerprint density at radius 2 is 1.28 bits per heavy atom. The van der Waals surface area contributed by atoms with Crippen LogP contribution in [0.5, 0.6) is 0 Å². The molecule has 3 aromatic carbocycles. The molecule has 0 aromatic heterocycles.